The van der Waals surface area contributed by atoms with E-state index in [2.05, 4.69) is 20.2 Å². The lowest BCUT2D eigenvalue weighted by Gasteiger charge is -2.37. The molecule has 0 spiro atoms. The third-order valence-corrected chi connectivity index (χ3v) is 6.27. The van der Waals surface area contributed by atoms with Gasteiger partial charge in [-0.05, 0) is 24.3 Å². The maximum atomic E-state index is 12.3. The molecular weight excluding hydrogens is 450 g/mol. The second-order valence-corrected chi connectivity index (χ2v) is 8.64. The third-order valence-electron chi connectivity index (χ3n) is 6.27. The summed E-state index contributed by atoms with van der Waals surface area (Å²) in [6, 6.07) is 10.3. The Kier molecular flexibility index (Phi) is 7.74. The minimum atomic E-state index is -1.03. The Morgan fingerprint density at radius 1 is 1.06 bits per heavy atom. The second kappa shape index (κ2) is 11.1. The molecule has 1 aliphatic rings. The Labute approximate surface area is 202 Å². The molecule has 0 radical (unpaired) electrons. The number of aliphatic carboxylic acids is 2. The molecule has 1 amide bonds. The summed E-state index contributed by atoms with van der Waals surface area (Å²) >= 11 is 0. The summed E-state index contributed by atoms with van der Waals surface area (Å²) in [7, 11) is 0. The van der Waals surface area contributed by atoms with Crippen LogP contribution in [0.25, 0.3) is 10.9 Å². The standard InChI is InChI=1S/C25H29N5O5/c31-22(6-7-23(32)33)28-18-4-5-19-20(16-27-21(19)15-18)24(25(34)35)30-13-11-29(12-14-30)10-8-17-3-1-2-9-26-17/h1-5,9,15-16,24,27H,6-8,10-14H2,(H,28,31)(H,32,33)(H,34,35)/t24-/m1/s1. The predicted octanol–water partition coefficient (Wildman–Crippen LogP) is 2.35. The van der Waals surface area contributed by atoms with Crippen molar-refractivity contribution >= 4 is 34.4 Å². The van der Waals surface area contributed by atoms with Gasteiger partial charge in [-0.1, -0.05) is 12.1 Å². The second-order valence-electron chi connectivity index (χ2n) is 8.64. The number of aromatic nitrogens is 2. The Hall–Kier alpha value is -3.76. The number of hydrogen-bond donors (Lipinski definition) is 4. The Morgan fingerprint density at radius 3 is 2.54 bits per heavy atom. The highest BCUT2D eigenvalue weighted by Crippen LogP contribution is 2.31. The van der Waals surface area contributed by atoms with E-state index >= 15 is 0 Å². The van der Waals surface area contributed by atoms with Gasteiger partial charge in [-0.25, -0.2) is 0 Å². The molecule has 3 heterocycles. The van der Waals surface area contributed by atoms with Gasteiger partial charge >= 0.3 is 11.9 Å². The molecule has 1 fully saturated rings. The van der Waals surface area contributed by atoms with E-state index in [4.69, 9.17) is 5.11 Å². The van der Waals surface area contributed by atoms with Crippen molar-refractivity contribution < 1.29 is 24.6 Å². The van der Waals surface area contributed by atoms with E-state index < -0.39 is 18.0 Å². The summed E-state index contributed by atoms with van der Waals surface area (Å²) in [6.45, 7) is 3.74. The molecule has 3 aromatic rings. The molecule has 4 N–H and O–H groups in total. The molecule has 184 valence electrons. The van der Waals surface area contributed by atoms with Gasteiger partial charge in [0.2, 0.25) is 5.91 Å². The van der Waals surface area contributed by atoms with E-state index in [9.17, 15) is 19.5 Å². The number of carboxylic acid groups (broad SMARTS) is 2. The van der Waals surface area contributed by atoms with Crippen molar-refractivity contribution in [2.45, 2.75) is 25.3 Å². The van der Waals surface area contributed by atoms with Crippen LogP contribution in [0.15, 0.2) is 48.8 Å². The van der Waals surface area contributed by atoms with Gasteiger partial charge in [0.25, 0.3) is 0 Å². The summed E-state index contributed by atoms with van der Waals surface area (Å²) in [6.07, 6.45) is 4.02. The molecular formula is C25H29N5O5. The number of hydrogen-bond acceptors (Lipinski definition) is 6. The van der Waals surface area contributed by atoms with E-state index in [0.29, 0.717) is 29.9 Å². The number of anilines is 1. The van der Waals surface area contributed by atoms with Crippen LogP contribution in [-0.2, 0) is 20.8 Å². The molecule has 35 heavy (non-hydrogen) atoms. The van der Waals surface area contributed by atoms with Crippen LogP contribution in [-0.4, -0.2) is 80.6 Å². The number of carboxylic acids is 2. The van der Waals surface area contributed by atoms with Crippen LogP contribution >= 0.6 is 0 Å². The van der Waals surface area contributed by atoms with Crippen molar-refractivity contribution in [1.29, 1.82) is 0 Å². The number of piperazine rings is 1. The minimum Gasteiger partial charge on any atom is -0.481 e. The first kappa shape index (κ1) is 24.4. The topological polar surface area (TPSA) is 139 Å². The van der Waals surface area contributed by atoms with Crippen molar-refractivity contribution in [2.24, 2.45) is 0 Å². The maximum Gasteiger partial charge on any atom is 0.325 e. The van der Waals surface area contributed by atoms with Crippen LogP contribution in [0.2, 0.25) is 0 Å². The highest BCUT2D eigenvalue weighted by atomic mass is 16.4. The van der Waals surface area contributed by atoms with Crippen molar-refractivity contribution in [1.82, 2.24) is 19.8 Å². The predicted molar refractivity (Wildman–Crippen MR) is 130 cm³/mol. The average molecular weight is 480 g/mol. The Balaban J connectivity index is 1.40. The SMILES string of the molecule is O=C(O)CCC(=O)Nc1ccc2c([C@H](C(=O)O)N3CCN(CCc4ccccn4)CC3)c[nH]c2c1. The fourth-order valence-corrected chi connectivity index (χ4v) is 4.45. The molecule has 0 bridgehead atoms. The third kappa shape index (κ3) is 6.23. The number of H-pyrrole nitrogens is 1. The zero-order chi connectivity index (χ0) is 24.8. The van der Waals surface area contributed by atoms with E-state index in [1.165, 1.54) is 0 Å². The average Bonchev–Trinajstić information content (AvgIpc) is 3.25. The summed E-state index contributed by atoms with van der Waals surface area (Å²) in [5, 5.41) is 22.3. The lowest BCUT2D eigenvalue weighted by molar-refractivity contribution is -0.144. The van der Waals surface area contributed by atoms with Crippen LogP contribution in [0.4, 0.5) is 5.69 Å². The van der Waals surface area contributed by atoms with E-state index in [1.54, 1.807) is 30.6 Å². The molecule has 0 unspecified atom stereocenters. The zero-order valence-electron chi connectivity index (χ0n) is 19.3. The van der Waals surface area contributed by atoms with Crippen LogP contribution in [0, 0.1) is 0 Å². The highest BCUT2D eigenvalue weighted by Gasteiger charge is 2.32. The van der Waals surface area contributed by atoms with Gasteiger partial charge in [0.15, 0.2) is 0 Å². The van der Waals surface area contributed by atoms with Gasteiger partial charge in [-0.2, -0.15) is 0 Å². The van der Waals surface area contributed by atoms with Gasteiger partial charge in [0, 0.05) is 85.8 Å². The fourth-order valence-electron chi connectivity index (χ4n) is 4.45. The van der Waals surface area contributed by atoms with Crippen molar-refractivity contribution in [2.75, 3.05) is 38.0 Å². The number of benzene rings is 1. The quantitative estimate of drug-likeness (QED) is 0.348. The first-order chi connectivity index (χ1) is 16.9. The summed E-state index contributed by atoms with van der Waals surface area (Å²) < 4.78 is 0. The number of rotatable bonds is 10. The number of carbonyl (C=O) groups is 3. The van der Waals surface area contributed by atoms with Crippen LogP contribution in [0.5, 0.6) is 0 Å². The van der Waals surface area contributed by atoms with Gasteiger partial charge in [0.05, 0.1) is 6.42 Å². The lowest BCUT2D eigenvalue weighted by atomic mass is 10.0. The van der Waals surface area contributed by atoms with Gasteiger partial charge < -0.3 is 25.4 Å². The molecule has 0 saturated carbocycles. The molecule has 0 aliphatic carbocycles. The fraction of sp³-hybridized carbons (Fsp3) is 0.360. The first-order valence-electron chi connectivity index (χ1n) is 11.6. The number of carbonyl (C=O) groups excluding carboxylic acids is 1. The molecule has 1 saturated heterocycles. The van der Waals surface area contributed by atoms with E-state index in [1.807, 2.05) is 23.1 Å². The van der Waals surface area contributed by atoms with Crippen molar-refractivity contribution in [3.8, 4) is 0 Å². The number of aromatic amines is 1. The van der Waals surface area contributed by atoms with Crippen LogP contribution in [0.3, 0.4) is 0 Å². The number of nitrogens with zero attached hydrogens (tertiary/aromatic N) is 3. The monoisotopic (exact) mass is 479 g/mol. The molecule has 1 aromatic carbocycles. The molecule has 2 aromatic heterocycles. The largest absolute Gasteiger partial charge is 0.481 e. The highest BCUT2D eigenvalue weighted by molar-refractivity contribution is 5.96. The lowest BCUT2D eigenvalue weighted by Crippen LogP contribution is -2.49. The van der Waals surface area contributed by atoms with E-state index in [0.717, 1.165) is 37.1 Å². The summed E-state index contributed by atoms with van der Waals surface area (Å²) in [4.78, 5) is 46.7. The zero-order valence-corrected chi connectivity index (χ0v) is 19.3. The maximum absolute atomic E-state index is 12.3. The smallest absolute Gasteiger partial charge is 0.325 e. The van der Waals surface area contributed by atoms with Gasteiger partial charge in [-0.15, -0.1) is 0 Å². The van der Waals surface area contributed by atoms with Crippen LogP contribution in [0.1, 0.15) is 30.1 Å². The van der Waals surface area contributed by atoms with Gasteiger partial charge in [-0.3, -0.25) is 24.3 Å². The summed E-state index contributed by atoms with van der Waals surface area (Å²) in [5.41, 5.74) is 2.96. The molecule has 10 heteroatoms. The van der Waals surface area contributed by atoms with Gasteiger partial charge in [0.1, 0.15) is 6.04 Å². The van der Waals surface area contributed by atoms with E-state index in [-0.39, 0.29) is 18.7 Å². The Morgan fingerprint density at radius 2 is 1.86 bits per heavy atom. The van der Waals surface area contributed by atoms with Crippen molar-refractivity contribution in [3.05, 3.63) is 60.0 Å². The summed E-state index contributed by atoms with van der Waals surface area (Å²) in [5.74, 6) is -2.32. The number of fused-ring (bicyclic) bond motifs is 1. The molecule has 10 nitrogen and oxygen atoms in total. The number of amides is 1. The molecule has 4 rings (SSSR count). The Bertz CT molecular complexity index is 1190. The van der Waals surface area contributed by atoms with Crippen molar-refractivity contribution in [3.63, 3.8) is 0 Å². The molecule has 1 aliphatic heterocycles. The number of nitrogens with one attached hydrogen (secondary N) is 2. The first-order valence-corrected chi connectivity index (χ1v) is 11.6. The minimum absolute atomic E-state index is 0.113. The molecule has 1 atom stereocenters. The van der Waals surface area contributed by atoms with Crippen LogP contribution < -0.4 is 5.32 Å². The normalized spacial score (nSPS) is 15.7. The number of pyridine rings is 1.